The molecule has 2 aliphatic rings. The van der Waals surface area contributed by atoms with Gasteiger partial charge in [0.2, 0.25) is 0 Å². The van der Waals surface area contributed by atoms with Gasteiger partial charge in [-0.05, 0) is 56.1 Å². The molecule has 1 aromatic rings. The lowest BCUT2D eigenvalue weighted by Gasteiger charge is -2.22. The average molecular weight is 231 g/mol. The van der Waals surface area contributed by atoms with Gasteiger partial charge >= 0.3 is 0 Å². The molecule has 0 spiro atoms. The highest BCUT2D eigenvalue weighted by atomic mass is 15.0. The molecule has 0 amide bonds. The first-order chi connectivity index (χ1) is 8.22. The molecule has 2 aliphatic carbocycles. The van der Waals surface area contributed by atoms with Gasteiger partial charge in [-0.25, -0.2) is 4.98 Å². The monoisotopic (exact) mass is 231 g/mol. The van der Waals surface area contributed by atoms with Gasteiger partial charge < -0.3 is 11.1 Å². The summed E-state index contributed by atoms with van der Waals surface area (Å²) < 4.78 is 0. The van der Waals surface area contributed by atoms with Crippen LogP contribution in [0.25, 0.3) is 0 Å². The van der Waals surface area contributed by atoms with Crippen LogP contribution < -0.4 is 11.1 Å². The van der Waals surface area contributed by atoms with E-state index in [9.17, 15) is 0 Å². The molecule has 3 unspecified atom stereocenters. The zero-order valence-corrected chi connectivity index (χ0v) is 10.4. The summed E-state index contributed by atoms with van der Waals surface area (Å²) in [4.78, 5) is 4.46. The Morgan fingerprint density at radius 1 is 1.35 bits per heavy atom. The Bertz CT molecular complexity index is 416. The third-order valence-corrected chi connectivity index (χ3v) is 4.56. The van der Waals surface area contributed by atoms with Crippen molar-refractivity contribution in [2.24, 2.45) is 17.8 Å². The minimum absolute atomic E-state index is 0.774. The smallest absolute Gasteiger partial charge is 0.126 e. The number of hydrogen-bond donors (Lipinski definition) is 2. The minimum atomic E-state index is 0.774. The fourth-order valence-electron chi connectivity index (χ4n) is 3.53. The van der Waals surface area contributed by atoms with Crippen molar-refractivity contribution < 1.29 is 0 Å². The molecule has 1 heterocycles. The van der Waals surface area contributed by atoms with E-state index in [4.69, 9.17) is 5.73 Å². The lowest BCUT2D eigenvalue weighted by molar-refractivity contribution is 0.348. The van der Waals surface area contributed by atoms with E-state index < -0.39 is 0 Å². The number of pyridine rings is 1. The Morgan fingerprint density at radius 3 is 2.88 bits per heavy atom. The molecule has 0 radical (unpaired) electrons. The molecule has 17 heavy (non-hydrogen) atoms. The number of nitrogen functional groups attached to an aromatic ring is 1. The maximum atomic E-state index is 5.77. The molecule has 2 saturated carbocycles. The standard InChI is InChI=1S/C14H21N3/c1-9-13(15)4-5-14(17-9)16-8-12-7-10-2-3-11(12)6-10/h4-5,10-12H,2-3,6-8,15H2,1H3,(H,16,17). The first kappa shape index (κ1) is 10.9. The van der Waals surface area contributed by atoms with Crippen molar-refractivity contribution in [3.63, 3.8) is 0 Å². The van der Waals surface area contributed by atoms with Crippen molar-refractivity contribution in [1.82, 2.24) is 4.98 Å². The number of aryl methyl sites for hydroxylation is 1. The van der Waals surface area contributed by atoms with Crippen molar-refractivity contribution in [2.45, 2.75) is 32.6 Å². The molecule has 3 nitrogen and oxygen atoms in total. The SMILES string of the molecule is Cc1nc(NCC2CC3CCC2C3)ccc1N. The van der Waals surface area contributed by atoms with Gasteiger partial charge in [0.15, 0.2) is 0 Å². The lowest BCUT2D eigenvalue weighted by atomic mass is 9.89. The van der Waals surface area contributed by atoms with E-state index in [1.54, 1.807) is 0 Å². The van der Waals surface area contributed by atoms with Crippen molar-refractivity contribution in [2.75, 3.05) is 17.6 Å². The van der Waals surface area contributed by atoms with Gasteiger partial charge in [0, 0.05) is 6.54 Å². The predicted octanol–water partition coefficient (Wildman–Crippen LogP) is 2.82. The normalized spacial score (nSPS) is 30.8. The molecule has 2 fully saturated rings. The molecule has 92 valence electrons. The largest absolute Gasteiger partial charge is 0.397 e. The highest BCUT2D eigenvalue weighted by Crippen LogP contribution is 2.48. The molecule has 3 N–H and O–H groups in total. The van der Waals surface area contributed by atoms with Gasteiger partial charge in [-0.1, -0.05) is 6.42 Å². The molecule has 2 bridgehead atoms. The molecule has 0 aliphatic heterocycles. The van der Waals surface area contributed by atoms with E-state index in [1.165, 1.54) is 25.7 Å². The van der Waals surface area contributed by atoms with E-state index in [0.717, 1.165) is 41.5 Å². The second-order valence-electron chi connectivity index (χ2n) is 5.69. The van der Waals surface area contributed by atoms with Crippen LogP contribution in [0.4, 0.5) is 11.5 Å². The first-order valence-corrected chi connectivity index (χ1v) is 6.69. The summed E-state index contributed by atoms with van der Waals surface area (Å²) in [5.41, 5.74) is 7.46. The number of nitrogens with one attached hydrogen (secondary N) is 1. The molecule has 1 aromatic heterocycles. The molecule has 3 heteroatoms. The second-order valence-corrected chi connectivity index (χ2v) is 5.69. The number of nitrogens with zero attached hydrogens (tertiary/aromatic N) is 1. The maximum absolute atomic E-state index is 5.77. The van der Waals surface area contributed by atoms with Crippen molar-refractivity contribution >= 4 is 11.5 Å². The topological polar surface area (TPSA) is 50.9 Å². The fraction of sp³-hybridized carbons (Fsp3) is 0.643. The van der Waals surface area contributed by atoms with Crippen LogP contribution in [0.3, 0.4) is 0 Å². The van der Waals surface area contributed by atoms with E-state index in [0.29, 0.717) is 0 Å². The minimum Gasteiger partial charge on any atom is -0.397 e. The number of anilines is 2. The Balaban J connectivity index is 1.59. The van der Waals surface area contributed by atoms with Crippen LogP contribution in [0.5, 0.6) is 0 Å². The highest BCUT2D eigenvalue weighted by molar-refractivity contribution is 5.49. The maximum Gasteiger partial charge on any atom is 0.126 e. The van der Waals surface area contributed by atoms with Crippen molar-refractivity contribution in [3.05, 3.63) is 17.8 Å². The molecule has 0 saturated heterocycles. The van der Waals surface area contributed by atoms with E-state index in [2.05, 4.69) is 10.3 Å². The van der Waals surface area contributed by atoms with E-state index in [1.807, 2.05) is 19.1 Å². The Morgan fingerprint density at radius 2 is 2.24 bits per heavy atom. The Labute approximate surface area is 103 Å². The van der Waals surface area contributed by atoms with Gasteiger partial charge in [-0.15, -0.1) is 0 Å². The summed E-state index contributed by atoms with van der Waals surface area (Å²) in [6.07, 6.45) is 5.82. The summed E-state index contributed by atoms with van der Waals surface area (Å²) in [6, 6.07) is 3.92. The lowest BCUT2D eigenvalue weighted by Crippen LogP contribution is -2.20. The van der Waals surface area contributed by atoms with E-state index >= 15 is 0 Å². The van der Waals surface area contributed by atoms with Crippen LogP contribution in [-0.2, 0) is 0 Å². The zero-order valence-electron chi connectivity index (χ0n) is 10.4. The third-order valence-electron chi connectivity index (χ3n) is 4.56. The first-order valence-electron chi connectivity index (χ1n) is 6.69. The van der Waals surface area contributed by atoms with Crippen molar-refractivity contribution in [3.8, 4) is 0 Å². The van der Waals surface area contributed by atoms with Gasteiger partial charge in [-0.2, -0.15) is 0 Å². The number of nitrogens with two attached hydrogens (primary N) is 1. The quantitative estimate of drug-likeness (QED) is 0.841. The van der Waals surface area contributed by atoms with Crippen LogP contribution in [0.15, 0.2) is 12.1 Å². The third kappa shape index (κ3) is 2.11. The predicted molar refractivity (Wildman–Crippen MR) is 70.8 cm³/mol. The number of fused-ring (bicyclic) bond motifs is 2. The van der Waals surface area contributed by atoms with Crippen LogP contribution in [0.1, 0.15) is 31.4 Å². The second kappa shape index (κ2) is 4.21. The molecular formula is C14H21N3. The van der Waals surface area contributed by atoms with Gasteiger partial charge in [-0.3, -0.25) is 0 Å². The number of aromatic nitrogens is 1. The van der Waals surface area contributed by atoms with Crippen LogP contribution in [0.2, 0.25) is 0 Å². The fourth-order valence-corrected chi connectivity index (χ4v) is 3.53. The summed E-state index contributed by atoms with van der Waals surface area (Å²) in [6.45, 7) is 3.04. The summed E-state index contributed by atoms with van der Waals surface area (Å²) in [5.74, 6) is 3.84. The zero-order chi connectivity index (χ0) is 11.8. The summed E-state index contributed by atoms with van der Waals surface area (Å²) in [5, 5.41) is 3.47. The highest BCUT2D eigenvalue weighted by Gasteiger charge is 2.38. The van der Waals surface area contributed by atoms with Crippen molar-refractivity contribution in [1.29, 1.82) is 0 Å². The van der Waals surface area contributed by atoms with E-state index in [-0.39, 0.29) is 0 Å². The van der Waals surface area contributed by atoms with Gasteiger partial charge in [0.05, 0.1) is 11.4 Å². The molecular weight excluding hydrogens is 210 g/mol. The number of rotatable bonds is 3. The van der Waals surface area contributed by atoms with Gasteiger partial charge in [0.25, 0.3) is 0 Å². The Kier molecular flexibility index (Phi) is 2.69. The molecule has 3 rings (SSSR count). The van der Waals surface area contributed by atoms with Crippen LogP contribution in [0, 0.1) is 24.7 Å². The summed E-state index contributed by atoms with van der Waals surface area (Å²) >= 11 is 0. The van der Waals surface area contributed by atoms with Crippen LogP contribution >= 0.6 is 0 Å². The van der Waals surface area contributed by atoms with Crippen LogP contribution in [-0.4, -0.2) is 11.5 Å². The number of hydrogen-bond acceptors (Lipinski definition) is 3. The summed E-state index contributed by atoms with van der Waals surface area (Å²) in [7, 11) is 0. The molecule has 0 aromatic carbocycles. The Hall–Kier alpha value is -1.25. The average Bonchev–Trinajstić information content (AvgIpc) is 2.92. The van der Waals surface area contributed by atoms with Gasteiger partial charge in [0.1, 0.15) is 5.82 Å². The molecule has 3 atom stereocenters.